The molecular weight excluding hydrogens is 319 g/mol. The second-order valence-electron chi connectivity index (χ2n) is 4.25. The summed E-state index contributed by atoms with van der Waals surface area (Å²) in [6.07, 6.45) is 0. The Morgan fingerprint density at radius 2 is 1.09 bits per heavy atom. The van der Waals surface area contributed by atoms with Crippen LogP contribution in [0.2, 0.25) is 0 Å². The normalized spacial score (nSPS) is 10.2. The molecule has 0 amide bonds. The van der Waals surface area contributed by atoms with Gasteiger partial charge in [-0.3, -0.25) is 0 Å². The third kappa shape index (κ3) is 3.79. The van der Waals surface area contributed by atoms with Crippen LogP contribution in [0.4, 0.5) is 17.6 Å². The van der Waals surface area contributed by atoms with Gasteiger partial charge in [0.15, 0.2) is 23.1 Å². The summed E-state index contributed by atoms with van der Waals surface area (Å²) >= 11 is 0. The zero-order valence-corrected chi connectivity index (χ0v) is 12.2. The minimum Gasteiger partial charge on any atom is -0.528 e. The maximum Gasteiger partial charge on any atom is 0.576 e. The van der Waals surface area contributed by atoms with Crippen LogP contribution in [0.5, 0.6) is 23.0 Å². The summed E-state index contributed by atoms with van der Waals surface area (Å²) in [5.41, 5.74) is 0. The van der Waals surface area contributed by atoms with Crippen molar-refractivity contribution in [1.29, 1.82) is 0 Å². The zero-order valence-electron chi connectivity index (χ0n) is 12.2. The SMILES string of the molecule is COc1cc(OBOc2cc(F)c(F)c(OC)c2)cc(F)c1F. The number of ether oxygens (including phenoxy) is 2. The molecule has 4 nitrogen and oxygen atoms in total. The molecule has 2 aromatic rings. The van der Waals surface area contributed by atoms with Gasteiger partial charge in [-0.15, -0.1) is 0 Å². The molecule has 2 rings (SSSR count). The van der Waals surface area contributed by atoms with Crippen molar-refractivity contribution in [3.63, 3.8) is 0 Å². The Bertz CT molecular complexity index is 652. The third-order valence-corrected chi connectivity index (χ3v) is 2.83. The van der Waals surface area contributed by atoms with Crippen LogP contribution in [-0.4, -0.2) is 21.9 Å². The number of hydrogen-bond donors (Lipinski definition) is 0. The summed E-state index contributed by atoms with van der Waals surface area (Å²) in [4.78, 5) is 0. The summed E-state index contributed by atoms with van der Waals surface area (Å²) in [7, 11) is 1.89. The maximum absolute atomic E-state index is 13.3. The molecule has 0 aromatic heterocycles. The van der Waals surface area contributed by atoms with E-state index in [4.69, 9.17) is 9.31 Å². The fourth-order valence-electron chi connectivity index (χ4n) is 1.71. The molecule has 0 aliphatic heterocycles. The number of methoxy groups -OCH3 is 2. The Kier molecular flexibility index (Phi) is 5.20. The number of rotatable bonds is 6. The molecule has 0 fully saturated rings. The van der Waals surface area contributed by atoms with Gasteiger partial charge in [-0.05, 0) is 0 Å². The van der Waals surface area contributed by atoms with Crippen molar-refractivity contribution < 1.29 is 36.3 Å². The first-order chi connectivity index (χ1) is 11.0. The molecule has 0 radical (unpaired) electrons. The van der Waals surface area contributed by atoms with Crippen molar-refractivity contribution in [2.75, 3.05) is 14.2 Å². The van der Waals surface area contributed by atoms with Crippen LogP contribution >= 0.6 is 0 Å². The highest BCUT2D eigenvalue weighted by molar-refractivity contribution is 6.20. The maximum atomic E-state index is 13.3. The molecule has 0 N–H and O–H groups in total. The largest absolute Gasteiger partial charge is 0.576 e. The Labute approximate surface area is 129 Å². The van der Waals surface area contributed by atoms with Gasteiger partial charge in [-0.25, -0.2) is 8.78 Å². The first-order valence-electron chi connectivity index (χ1n) is 6.28. The Morgan fingerprint density at radius 3 is 1.43 bits per heavy atom. The minimum atomic E-state index is -1.16. The topological polar surface area (TPSA) is 36.9 Å². The van der Waals surface area contributed by atoms with Gasteiger partial charge >= 0.3 is 7.69 Å². The fraction of sp³-hybridized carbons (Fsp3) is 0.143. The van der Waals surface area contributed by atoms with Gasteiger partial charge in [0.25, 0.3) is 0 Å². The molecule has 2 aromatic carbocycles. The molecule has 0 aliphatic rings. The lowest BCUT2D eigenvalue weighted by Crippen LogP contribution is -2.12. The monoisotopic (exact) mass is 330 g/mol. The van der Waals surface area contributed by atoms with Crippen LogP contribution in [0, 0.1) is 23.3 Å². The molecule has 0 saturated heterocycles. The predicted octanol–water partition coefficient (Wildman–Crippen LogP) is 2.98. The van der Waals surface area contributed by atoms with E-state index in [0.717, 1.165) is 24.3 Å². The van der Waals surface area contributed by atoms with Crippen molar-refractivity contribution in [3.8, 4) is 23.0 Å². The van der Waals surface area contributed by atoms with Gasteiger partial charge in [0.1, 0.15) is 11.5 Å². The second kappa shape index (κ2) is 7.12. The molecule has 0 unspecified atom stereocenters. The molecule has 0 heterocycles. The lowest BCUT2D eigenvalue weighted by atomic mass is 10.2. The first kappa shape index (κ1) is 16.8. The lowest BCUT2D eigenvalue weighted by molar-refractivity contribution is 0.363. The average Bonchev–Trinajstić information content (AvgIpc) is 2.53. The summed E-state index contributed by atoms with van der Waals surface area (Å²) in [5.74, 6) is -5.41. The van der Waals surface area contributed by atoms with E-state index < -0.39 is 31.0 Å². The standard InChI is InChI=1S/C14H11BF4O4/c1-20-11-5-7(3-9(16)13(11)18)22-15-23-8-4-10(17)14(19)12(6-8)21-2/h3-6,15H,1-2H3. The average molecular weight is 330 g/mol. The Morgan fingerprint density at radius 1 is 0.696 bits per heavy atom. The lowest BCUT2D eigenvalue weighted by Gasteiger charge is -2.11. The first-order valence-corrected chi connectivity index (χ1v) is 6.28. The highest BCUT2D eigenvalue weighted by Gasteiger charge is 2.14. The van der Waals surface area contributed by atoms with Gasteiger partial charge in [0, 0.05) is 24.3 Å². The Balaban J connectivity index is 2.06. The summed E-state index contributed by atoms with van der Waals surface area (Å²) < 4.78 is 72.5. The molecule has 0 aliphatic carbocycles. The fourth-order valence-corrected chi connectivity index (χ4v) is 1.71. The summed E-state index contributed by atoms with van der Waals surface area (Å²) in [5, 5.41) is 0. The molecular formula is C14H11BF4O4. The molecule has 23 heavy (non-hydrogen) atoms. The van der Waals surface area contributed by atoms with E-state index in [2.05, 4.69) is 9.47 Å². The van der Waals surface area contributed by atoms with Gasteiger partial charge < -0.3 is 18.8 Å². The smallest absolute Gasteiger partial charge is 0.528 e. The molecule has 0 spiro atoms. The van der Waals surface area contributed by atoms with Crippen molar-refractivity contribution >= 4 is 7.69 Å². The third-order valence-electron chi connectivity index (χ3n) is 2.83. The number of benzene rings is 2. The zero-order chi connectivity index (χ0) is 17.0. The quantitative estimate of drug-likeness (QED) is 0.603. The molecule has 0 bridgehead atoms. The van der Waals surface area contributed by atoms with Gasteiger partial charge in [-0.1, -0.05) is 0 Å². The van der Waals surface area contributed by atoms with E-state index in [1.165, 1.54) is 14.2 Å². The minimum absolute atomic E-state index is 0.0599. The Hall–Kier alpha value is -2.58. The molecule has 122 valence electrons. The molecule has 9 heteroatoms. The van der Waals surface area contributed by atoms with Crippen LogP contribution in [0.25, 0.3) is 0 Å². The van der Waals surface area contributed by atoms with Crippen LogP contribution in [0.1, 0.15) is 0 Å². The van der Waals surface area contributed by atoms with Crippen LogP contribution < -0.4 is 18.8 Å². The van der Waals surface area contributed by atoms with E-state index >= 15 is 0 Å². The molecule has 0 atom stereocenters. The van der Waals surface area contributed by atoms with Crippen LogP contribution in [0.3, 0.4) is 0 Å². The van der Waals surface area contributed by atoms with Gasteiger partial charge in [-0.2, -0.15) is 8.78 Å². The van der Waals surface area contributed by atoms with E-state index in [-0.39, 0.29) is 23.0 Å². The number of halogens is 4. The van der Waals surface area contributed by atoms with Gasteiger partial charge in [0.05, 0.1) is 14.2 Å². The summed E-state index contributed by atoms with van der Waals surface area (Å²) in [6.45, 7) is 0. The van der Waals surface area contributed by atoms with E-state index in [1.54, 1.807) is 0 Å². The van der Waals surface area contributed by atoms with Gasteiger partial charge in [0.2, 0.25) is 11.6 Å². The van der Waals surface area contributed by atoms with Crippen molar-refractivity contribution in [3.05, 3.63) is 47.5 Å². The highest BCUT2D eigenvalue weighted by Crippen LogP contribution is 2.28. The van der Waals surface area contributed by atoms with E-state index in [1.807, 2.05) is 0 Å². The van der Waals surface area contributed by atoms with Crippen LogP contribution in [0.15, 0.2) is 24.3 Å². The molecule has 0 saturated carbocycles. The second-order valence-corrected chi connectivity index (χ2v) is 4.25. The van der Waals surface area contributed by atoms with E-state index in [0.29, 0.717) is 0 Å². The van der Waals surface area contributed by atoms with Crippen molar-refractivity contribution in [2.45, 2.75) is 0 Å². The number of hydrogen-bond acceptors (Lipinski definition) is 4. The van der Waals surface area contributed by atoms with Crippen LogP contribution in [-0.2, 0) is 0 Å². The van der Waals surface area contributed by atoms with Crippen molar-refractivity contribution in [1.82, 2.24) is 0 Å². The highest BCUT2D eigenvalue weighted by atomic mass is 19.2. The van der Waals surface area contributed by atoms with Crippen molar-refractivity contribution in [2.24, 2.45) is 0 Å². The predicted molar refractivity (Wildman–Crippen MR) is 74.2 cm³/mol. The van der Waals surface area contributed by atoms with E-state index in [9.17, 15) is 17.6 Å². The summed E-state index contributed by atoms with van der Waals surface area (Å²) in [6, 6.07) is 3.83.